The second kappa shape index (κ2) is 7.75. The zero-order valence-electron chi connectivity index (χ0n) is 14.7. The Morgan fingerprint density at radius 1 is 1.23 bits per heavy atom. The van der Waals surface area contributed by atoms with Crippen LogP contribution in [0.5, 0.6) is 0 Å². The Morgan fingerprint density at radius 3 is 2.77 bits per heavy atom. The monoisotopic (exact) mass is 370 g/mol. The highest BCUT2D eigenvalue weighted by Gasteiger charge is 2.13. The van der Waals surface area contributed by atoms with Crippen LogP contribution in [-0.2, 0) is 11.2 Å². The van der Waals surface area contributed by atoms with Gasteiger partial charge in [-0.3, -0.25) is 4.79 Å². The van der Waals surface area contributed by atoms with E-state index in [4.69, 9.17) is 11.6 Å². The molecule has 0 saturated heterocycles. The molecule has 0 aliphatic carbocycles. The van der Waals surface area contributed by atoms with Crippen LogP contribution >= 0.6 is 11.6 Å². The van der Waals surface area contributed by atoms with Crippen LogP contribution in [0, 0.1) is 19.7 Å². The van der Waals surface area contributed by atoms with E-state index in [0.717, 1.165) is 27.8 Å². The number of hydrogen-bond donors (Lipinski definition) is 2. The van der Waals surface area contributed by atoms with Gasteiger partial charge in [-0.1, -0.05) is 35.9 Å². The number of H-pyrrole nitrogens is 1. The summed E-state index contributed by atoms with van der Waals surface area (Å²) in [7, 11) is 0. The van der Waals surface area contributed by atoms with Crippen LogP contribution in [0.3, 0.4) is 0 Å². The first kappa shape index (κ1) is 18.2. The third-order valence-corrected chi connectivity index (χ3v) is 4.77. The molecule has 134 valence electrons. The molecule has 26 heavy (non-hydrogen) atoms. The molecule has 0 radical (unpaired) electrons. The maximum atomic E-state index is 14.0. The Hall–Kier alpha value is -2.59. The zero-order chi connectivity index (χ0) is 18.7. The van der Waals surface area contributed by atoms with Crippen molar-refractivity contribution in [1.82, 2.24) is 10.3 Å². The summed E-state index contributed by atoms with van der Waals surface area (Å²) in [6, 6.07) is 10.6. The van der Waals surface area contributed by atoms with Crippen molar-refractivity contribution < 1.29 is 9.18 Å². The minimum absolute atomic E-state index is 0.190. The number of aromatic amines is 1. The Morgan fingerprint density at radius 2 is 2.00 bits per heavy atom. The van der Waals surface area contributed by atoms with Crippen LogP contribution in [0.1, 0.15) is 22.4 Å². The molecular weight excluding hydrogens is 351 g/mol. The molecule has 5 heteroatoms. The number of carbonyl (C=O) groups excluding carboxylic acids is 1. The van der Waals surface area contributed by atoms with E-state index in [1.165, 1.54) is 12.1 Å². The average molecular weight is 371 g/mol. The summed E-state index contributed by atoms with van der Waals surface area (Å²) >= 11 is 6.06. The van der Waals surface area contributed by atoms with Gasteiger partial charge in [0.15, 0.2) is 0 Å². The predicted molar refractivity (Wildman–Crippen MR) is 105 cm³/mol. The molecule has 0 spiro atoms. The molecule has 1 heterocycles. The number of rotatable bonds is 5. The molecule has 0 aliphatic heterocycles. The van der Waals surface area contributed by atoms with Gasteiger partial charge in [-0.2, -0.15) is 0 Å². The quantitative estimate of drug-likeness (QED) is 0.613. The van der Waals surface area contributed by atoms with E-state index >= 15 is 0 Å². The van der Waals surface area contributed by atoms with Crippen molar-refractivity contribution in [3.05, 3.63) is 75.7 Å². The summed E-state index contributed by atoms with van der Waals surface area (Å²) in [5.74, 6) is -0.447. The fourth-order valence-electron chi connectivity index (χ4n) is 3.10. The van der Waals surface area contributed by atoms with Crippen LogP contribution in [0.25, 0.3) is 17.0 Å². The van der Waals surface area contributed by atoms with Crippen molar-refractivity contribution in [2.75, 3.05) is 6.54 Å². The number of fused-ring (bicyclic) bond motifs is 1. The minimum Gasteiger partial charge on any atom is -0.356 e. The second-order valence-electron chi connectivity index (χ2n) is 6.24. The van der Waals surface area contributed by atoms with Crippen molar-refractivity contribution in [2.45, 2.75) is 20.3 Å². The maximum absolute atomic E-state index is 14.0. The van der Waals surface area contributed by atoms with Gasteiger partial charge >= 0.3 is 0 Å². The normalized spacial score (nSPS) is 11.4. The van der Waals surface area contributed by atoms with E-state index in [2.05, 4.69) is 10.3 Å². The number of nitrogens with one attached hydrogen (secondary N) is 2. The lowest BCUT2D eigenvalue weighted by atomic mass is 10.0. The highest BCUT2D eigenvalue weighted by Crippen LogP contribution is 2.27. The molecule has 0 bridgehead atoms. The number of hydrogen-bond acceptors (Lipinski definition) is 1. The van der Waals surface area contributed by atoms with Crippen LogP contribution < -0.4 is 5.32 Å². The molecule has 3 aromatic rings. The Bertz CT molecular complexity index is 991. The van der Waals surface area contributed by atoms with Gasteiger partial charge in [0.2, 0.25) is 5.91 Å². The lowest BCUT2D eigenvalue weighted by Crippen LogP contribution is -2.23. The first-order chi connectivity index (χ1) is 12.5. The third kappa shape index (κ3) is 3.81. The molecule has 0 aliphatic rings. The van der Waals surface area contributed by atoms with E-state index < -0.39 is 0 Å². The van der Waals surface area contributed by atoms with E-state index in [9.17, 15) is 9.18 Å². The van der Waals surface area contributed by atoms with Crippen LogP contribution in [0.15, 0.2) is 42.5 Å². The fourth-order valence-corrected chi connectivity index (χ4v) is 3.30. The van der Waals surface area contributed by atoms with Crippen molar-refractivity contribution >= 4 is 34.5 Å². The number of amides is 1. The predicted octanol–water partition coefficient (Wildman–Crippen LogP) is 4.95. The molecule has 1 aromatic heterocycles. The minimum atomic E-state index is -0.258. The van der Waals surface area contributed by atoms with Gasteiger partial charge in [0, 0.05) is 28.7 Å². The van der Waals surface area contributed by atoms with Gasteiger partial charge in [-0.05, 0) is 55.2 Å². The Balaban J connectivity index is 1.66. The molecule has 3 nitrogen and oxygen atoms in total. The van der Waals surface area contributed by atoms with Crippen molar-refractivity contribution in [3.63, 3.8) is 0 Å². The summed E-state index contributed by atoms with van der Waals surface area (Å²) in [6.07, 6.45) is 3.78. The average Bonchev–Trinajstić information content (AvgIpc) is 2.95. The first-order valence-corrected chi connectivity index (χ1v) is 8.82. The molecule has 0 unspecified atom stereocenters. The first-order valence-electron chi connectivity index (χ1n) is 8.44. The van der Waals surface area contributed by atoms with Crippen LogP contribution in [-0.4, -0.2) is 17.4 Å². The zero-order valence-corrected chi connectivity index (χ0v) is 15.5. The van der Waals surface area contributed by atoms with Gasteiger partial charge in [0.05, 0.1) is 5.52 Å². The van der Waals surface area contributed by atoms with Gasteiger partial charge in [0.1, 0.15) is 5.82 Å². The molecule has 3 rings (SSSR count). The van der Waals surface area contributed by atoms with E-state index in [0.29, 0.717) is 23.5 Å². The lowest BCUT2D eigenvalue weighted by molar-refractivity contribution is -0.116. The van der Waals surface area contributed by atoms with Crippen LogP contribution in [0.2, 0.25) is 5.02 Å². The number of aryl methyl sites for hydroxylation is 2. The number of benzene rings is 2. The molecule has 2 aromatic carbocycles. The highest BCUT2D eigenvalue weighted by atomic mass is 35.5. The van der Waals surface area contributed by atoms with E-state index in [1.807, 2.05) is 32.0 Å². The molecule has 0 fully saturated rings. The summed E-state index contributed by atoms with van der Waals surface area (Å²) in [6.45, 7) is 4.35. The van der Waals surface area contributed by atoms with Crippen LogP contribution in [0.4, 0.5) is 4.39 Å². The van der Waals surface area contributed by atoms with Crippen molar-refractivity contribution in [1.29, 1.82) is 0 Å². The Labute approximate surface area is 156 Å². The standard InChI is InChI=1S/C21H20ClFN2O/c1-13-7-9-18(23)21-20(13)16(14(2)25-21)11-12-24-19(26)10-8-15-5-3-4-6-17(15)22/h3-10,25H,11-12H2,1-2H3,(H,24,26)/b10-8+. The summed E-state index contributed by atoms with van der Waals surface area (Å²) in [4.78, 5) is 15.1. The smallest absolute Gasteiger partial charge is 0.244 e. The molecule has 1 amide bonds. The summed E-state index contributed by atoms with van der Waals surface area (Å²) < 4.78 is 14.0. The summed E-state index contributed by atoms with van der Waals surface area (Å²) in [5, 5.41) is 4.37. The van der Waals surface area contributed by atoms with Gasteiger partial charge in [-0.15, -0.1) is 0 Å². The summed E-state index contributed by atoms with van der Waals surface area (Å²) in [5.41, 5.74) is 4.30. The largest absolute Gasteiger partial charge is 0.356 e. The molecular formula is C21H20ClFN2O. The topological polar surface area (TPSA) is 44.9 Å². The van der Waals surface area contributed by atoms with Gasteiger partial charge < -0.3 is 10.3 Å². The molecule has 0 atom stereocenters. The maximum Gasteiger partial charge on any atom is 0.244 e. The van der Waals surface area contributed by atoms with E-state index in [-0.39, 0.29) is 11.7 Å². The second-order valence-corrected chi connectivity index (χ2v) is 6.65. The lowest BCUT2D eigenvalue weighted by Gasteiger charge is -2.05. The van der Waals surface area contributed by atoms with Gasteiger partial charge in [-0.25, -0.2) is 4.39 Å². The van der Waals surface area contributed by atoms with E-state index in [1.54, 1.807) is 18.2 Å². The third-order valence-electron chi connectivity index (χ3n) is 4.42. The number of carbonyl (C=O) groups is 1. The Kier molecular flexibility index (Phi) is 5.43. The number of halogens is 2. The van der Waals surface area contributed by atoms with Gasteiger partial charge in [0.25, 0.3) is 0 Å². The number of aromatic nitrogens is 1. The fraction of sp³-hybridized carbons (Fsp3) is 0.190. The highest BCUT2D eigenvalue weighted by molar-refractivity contribution is 6.32. The molecule has 2 N–H and O–H groups in total. The van der Waals surface area contributed by atoms with Crippen molar-refractivity contribution in [2.24, 2.45) is 0 Å². The van der Waals surface area contributed by atoms with Crippen molar-refractivity contribution in [3.8, 4) is 0 Å². The SMILES string of the molecule is Cc1[nH]c2c(F)ccc(C)c2c1CCNC(=O)/C=C/c1ccccc1Cl. The molecule has 0 saturated carbocycles.